The number of methoxy groups -OCH3 is 1. The van der Waals surface area contributed by atoms with Gasteiger partial charge in [0.25, 0.3) is 5.56 Å². The minimum atomic E-state index is -4.48. The summed E-state index contributed by atoms with van der Waals surface area (Å²) in [6, 6.07) is 11.8. The molecular formula is C27H25F3N2O3S. The second kappa shape index (κ2) is 9.91. The first-order valence-electron chi connectivity index (χ1n) is 11.1. The van der Waals surface area contributed by atoms with Gasteiger partial charge in [-0.1, -0.05) is 50.8 Å². The van der Waals surface area contributed by atoms with Gasteiger partial charge in [0.2, 0.25) is 0 Å². The molecule has 2 aromatic carbocycles. The van der Waals surface area contributed by atoms with Crippen LogP contribution in [0.5, 0.6) is 5.75 Å². The highest BCUT2D eigenvalue weighted by Crippen LogP contribution is 2.36. The van der Waals surface area contributed by atoms with Crippen molar-refractivity contribution in [2.45, 2.75) is 20.0 Å². The first-order chi connectivity index (χ1) is 17.0. The third kappa shape index (κ3) is 5.22. The number of fused-ring (bicyclic) bond motifs is 1. The number of nitrogens with zero attached hydrogens (tertiary/aromatic N) is 2. The van der Waals surface area contributed by atoms with E-state index in [-0.39, 0.29) is 16.7 Å². The number of ether oxygens (including phenoxy) is 2. The predicted molar refractivity (Wildman–Crippen MR) is 136 cm³/mol. The number of rotatable bonds is 8. The highest BCUT2D eigenvalue weighted by atomic mass is 32.1. The molecule has 0 saturated heterocycles. The summed E-state index contributed by atoms with van der Waals surface area (Å²) in [4.78, 5) is 18.6. The molecule has 4 rings (SSSR count). The quantitative estimate of drug-likeness (QED) is 0.267. The van der Waals surface area contributed by atoms with Crippen LogP contribution in [0.25, 0.3) is 21.7 Å². The molecular weight excluding hydrogens is 489 g/mol. The smallest absolute Gasteiger partial charge is 0.416 e. The van der Waals surface area contributed by atoms with Crippen LogP contribution in [-0.4, -0.2) is 29.7 Å². The third-order valence-electron chi connectivity index (χ3n) is 5.62. The molecule has 0 N–H and O–H groups in total. The third-order valence-corrected chi connectivity index (χ3v) is 6.38. The number of aromatic nitrogens is 2. The molecule has 0 aliphatic rings. The molecule has 0 bridgehead atoms. The molecule has 0 aliphatic heterocycles. The molecule has 2 aromatic heterocycles. The highest BCUT2D eigenvalue weighted by Gasteiger charge is 2.30. The van der Waals surface area contributed by atoms with Crippen molar-refractivity contribution >= 4 is 21.9 Å². The number of halogens is 3. The van der Waals surface area contributed by atoms with Gasteiger partial charge in [-0.25, -0.2) is 4.98 Å². The van der Waals surface area contributed by atoms with Crippen LogP contribution in [0.3, 0.4) is 0 Å². The summed E-state index contributed by atoms with van der Waals surface area (Å²) in [5.41, 5.74) is 0.391. The molecule has 0 atom stereocenters. The van der Waals surface area contributed by atoms with E-state index < -0.39 is 17.3 Å². The van der Waals surface area contributed by atoms with E-state index in [4.69, 9.17) is 9.47 Å². The van der Waals surface area contributed by atoms with Gasteiger partial charge in [0.1, 0.15) is 5.75 Å². The van der Waals surface area contributed by atoms with Crippen molar-refractivity contribution in [1.82, 2.24) is 9.38 Å². The molecule has 0 saturated carbocycles. The van der Waals surface area contributed by atoms with Crippen molar-refractivity contribution in [2.24, 2.45) is 5.41 Å². The van der Waals surface area contributed by atoms with Crippen molar-refractivity contribution in [3.05, 3.63) is 93.9 Å². The summed E-state index contributed by atoms with van der Waals surface area (Å²) in [7, 11) is 1.63. The van der Waals surface area contributed by atoms with Gasteiger partial charge in [-0.3, -0.25) is 9.20 Å². The fourth-order valence-corrected chi connectivity index (χ4v) is 4.57. The molecule has 0 spiro atoms. The van der Waals surface area contributed by atoms with E-state index in [0.29, 0.717) is 40.6 Å². The Bertz CT molecular complexity index is 1450. The van der Waals surface area contributed by atoms with Gasteiger partial charge in [-0.2, -0.15) is 13.2 Å². The topological polar surface area (TPSA) is 52.8 Å². The molecule has 188 valence electrons. The van der Waals surface area contributed by atoms with E-state index >= 15 is 0 Å². The lowest BCUT2D eigenvalue weighted by Gasteiger charge is -2.24. The molecule has 4 aromatic rings. The Hall–Kier alpha value is -3.43. The average molecular weight is 515 g/mol. The Kier molecular flexibility index (Phi) is 7.06. The van der Waals surface area contributed by atoms with Crippen LogP contribution in [0.1, 0.15) is 30.7 Å². The minimum Gasteiger partial charge on any atom is -0.492 e. The van der Waals surface area contributed by atoms with E-state index in [1.165, 1.54) is 27.9 Å². The maximum Gasteiger partial charge on any atom is 0.416 e. The molecule has 0 amide bonds. The Morgan fingerprint density at radius 2 is 1.78 bits per heavy atom. The lowest BCUT2D eigenvalue weighted by atomic mass is 9.95. The first-order valence-corrected chi connectivity index (χ1v) is 12.0. The Morgan fingerprint density at radius 3 is 2.44 bits per heavy atom. The highest BCUT2D eigenvalue weighted by molar-refractivity contribution is 7.15. The van der Waals surface area contributed by atoms with Crippen LogP contribution >= 0.6 is 11.3 Å². The van der Waals surface area contributed by atoms with Crippen LogP contribution in [0.2, 0.25) is 0 Å². The second-order valence-electron chi connectivity index (χ2n) is 9.13. The number of para-hydroxylation sites is 1. The van der Waals surface area contributed by atoms with Crippen molar-refractivity contribution in [3.63, 3.8) is 0 Å². The van der Waals surface area contributed by atoms with E-state index in [1.807, 2.05) is 32.0 Å². The first kappa shape index (κ1) is 25.7. The maximum atomic E-state index is 13.5. The zero-order valence-electron chi connectivity index (χ0n) is 20.1. The van der Waals surface area contributed by atoms with Gasteiger partial charge >= 0.3 is 6.18 Å². The van der Waals surface area contributed by atoms with Gasteiger partial charge in [0.15, 0.2) is 4.96 Å². The Balaban J connectivity index is 1.82. The summed E-state index contributed by atoms with van der Waals surface area (Å²) in [6.07, 6.45) is -2.90. The van der Waals surface area contributed by atoms with Crippen LogP contribution in [0, 0.1) is 5.41 Å². The normalized spacial score (nSPS) is 12.2. The fourth-order valence-electron chi connectivity index (χ4n) is 3.86. The molecule has 0 unspecified atom stereocenters. The maximum absolute atomic E-state index is 13.5. The zero-order valence-corrected chi connectivity index (χ0v) is 20.9. The number of benzene rings is 2. The summed E-state index contributed by atoms with van der Waals surface area (Å²) < 4.78 is 52.2. The van der Waals surface area contributed by atoms with Gasteiger partial charge in [-0.05, 0) is 23.8 Å². The SMILES string of the molecule is C=C(c1ccccc1OCC(C)(C)COC)c1nc2sccn2c(=O)c1-c1ccc(C(F)(F)F)cc1. The van der Waals surface area contributed by atoms with E-state index in [1.54, 1.807) is 24.8 Å². The number of thiazole rings is 1. The lowest BCUT2D eigenvalue weighted by molar-refractivity contribution is -0.137. The summed E-state index contributed by atoms with van der Waals surface area (Å²) >= 11 is 1.28. The zero-order chi connectivity index (χ0) is 26.1. The van der Waals surface area contributed by atoms with Crippen molar-refractivity contribution in [2.75, 3.05) is 20.3 Å². The van der Waals surface area contributed by atoms with Crippen LogP contribution < -0.4 is 10.3 Å². The molecule has 2 heterocycles. The van der Waals surface area contributed by atoms with Crippen molar-refractivity contribution in [1.29, 1.82) is 0 Å². The molecule has 0 aliphatic carbocycles. The Morgan fingerprint density at radius 1 is 1.08 bits per heavy atom. The number of alkyl halides is 3. The fraction of sp³-hybridized carbons (Fsp3) is 0.259. The largest absolute Gasteiger partial charge is 0.492 e. The van der Waals surface area contributed by atoms with Crippen LogP contribution in [-0.2, 0) is 10.9 Å². The minimum absolute atomic E-state index is 0.166. The van der Waals surface area contributed by atoms with Crippen LogP contribution in [0.4, 0.5) is 13.2 Å². The molecule has 5 nitrogen and oxygen atoms in total. The summed E-state index contributed by atoms with van der Waals surface area (Å²) in [5.74, 6) is 0.554. The van der Waals surface area contributed by atoms with E-state index in [9.17, 15) is 18.0 Å². The Labute approximate surface area is 210 Å². The number of hydrogen-bond acceptors (Lipinski definition) is 5. The van der Waals surface area contributed by atoms with Gasteiger partial charge in [0.05, 0.1) is 30.0 Å². The van der Waals surface area contributed by atoms with E-state index in [0.717, 1.165) is 12.1 Å². The standard InChI is InChI=1S/C27H25F3N2O3S/c1-17(20-7-5-6-8-21(20)35-16-26(2,3)15-34-4)23-22(24(33)32-13-14-36-25(32)31-23)18-9-11-19(12-10-18)27(28,29)30/h5-14H,1,15-16H2,2-4H3. The molecule has 0 radical (unpaired) electrons. The molecule has 0 fully saturated rings. The second-order valence-corrected chi connectivity index (χ2v) is 10.0. The van der Waals surface area contributed by atoms with Crippen molar-refractivity contribution in [3.8, 4) is 16.9 Å². The van der Waals surface area contributed by atoms with Gasteiger partial charge < -0.3 is 9.47 Å². The summed E-state index contributed by atoms with van der Waals surface area (Å²) in [6.45, 7) is 9.13. The number of hydrogen-bond donors (Lipinski definition) is 0. The predicted octanol–water partition coefficient (Wildman–Crippen LogP) is 6.55. The van der Waals surface area contributed by atoms with Crippen LogP contribution in [0.15, 0.2) is 71.5 Å². The molecule has 36 heavy (non-hydrogen) atoms. The summed E-state index contributed by atoms with van der Waals surface area (Å²) in [5, 5.41) is 1.72. The lowest BCUT2D eigenvalue weighted by Crippen LogP contribution is -2.26. The monoisotopic (exact) mass is 514 g/mol. The average Bonchev–Trinajstić information content (AvgIpc) is 3.31. The molecule has 9 heteroatoms. The van der Waals surface area contributed by atoms with Gasteiger partial charge in [0, 0.05) is 35.2 Å². The van der Waals surface area contributed by atoms with Gasteiger partial charge in [-0.15, -0.1) is 11.3 Å². The van der Waals surface area contributed by atoms with E-state index in [2.05, 4.69) is 11.6 Å². The van der Waals surface area contributed by atoms with Crippen molar-refractivity contribution < 1.29 is 22.6 Å².